The van der Waals surface area contributed by atoms with Crippen LogP contribution in [0.3, 0.4) is 0 Å². The van der Waals surface area contributed by atoms with Gasteiger partial charge in [0.25, 0.3) is 0 Å². The van der Waals surface area contributed by atoms with Gasteiger partial charge in [0.1, 0.15) is 12.7 Å². The van der Waals surface area contributed by atoms with Crippen LogP contribution in [0.1, 0.15) is 194 Å². The van der Waals surface area contributed by atoms with E-state index in [1.807, 2.05) is 0 Å². The molecule has 0 amide bonds. The first-order chi connectivity index (χ1) is 26.4. The summed E-state index contributed by atoms with van der Waals surface area (Å²) >= 11 is 0. The Morgan fingerprint density at radius 2 is 0.891 bits per heavy atom. The topological polar surface area (TPSA) is 195 Å². The third kappa shape index (κ3) is 40.8. The van der Waals surface area contributed by atoms with E-state index < -0.39 is 59.6 Å². The van der Waals surface area contributed by atoms with Crippen LogP contribution in [0.2, 0.25) is 0 Å². The van der Waals surface area contributed by atoms with Crippen molar-refractivity contribution in [3.8, 4) is 0 Å². The van der Waals surface area contributed by atoms with E-state index in [1.165, 1.54) is 96.3 Å². The van der Waals surface area contributed by atoms with E-state index in [1.54, 1.807) is 0 Å². The van der Waals surface area contributed by atoms with Gasteiger partial charge in [-0.2, -0.15) is 0 Å². The van der Waals surface area contributed by atoms with E-state index in [-0.39, 0.29) is 19.4 Å². The van der Waals surface area contributed by atoms with Crippen molar-refractivity contribution in [2.24, 2.45) is 0 Å². The van der Waals surface area contributed by atoms with Gasteiger partial charge in [-0.3, -0.25) is 23.2 Å². The zero-order valence-electron chi connectivity index (χ0n) is 34.3. The number of aliphatic hydroxyl groups is 1. The van der Waals surface area contributed by atoms with Gasteiger partial charge in [0.15, 0.2) is 6.10 Å². The molecular weight excluding hydrogens is 750 g/mol. The number of esters is 2. The summed E-state index contributed by atoms with van der Waals surface area (Å²) in [5.41, 5.74) is 0. The lowest BCUT2D eigenvalue weighted by molar-refractivity contribution is -0.161. The Morgan fingerprint density at radius 1 is 0.509 bits per heavy atom. The maximum absolute atomic E-state index is 12.6. The van der Waals surface area contributed by atoms with Gasteiger partial charge in [0, 0.05) is 12.8 Å². The predicted molar refractivity (Wildman–Crippen MR) is 216 cm³/mol. The van der Waals surface area contributed by atoms with Crippen molar-refractivity contribution in [1.82, 2.24) is 0 Å². The number of phosphoric ester groups is 2. The normalized spacial score (nSPS) is 14.2. The second kappa shape index (κ2) is 37.2. The summed E-state index contributed by atoms with van der Waals surface area (Å²) in [4.78, 5) is 52.6. The van der Waals surface area contributed by atoms with Crippen molar-refractivity contribution >= 4 is 27.6 Å². The molecule has 0 spiro atoms. The molecule has 3 unspecified atom stereocenters. The summed E-state index contributed by atoms with van der Waals surface area (Å²) in [6, 6.07) is 0. The first-order valence-corrected chi connectivity index (χ1v) is 24.4. The van der Waals surface area contributed by atoms with Crippen molar-refractivity contribution in [2.75, 3.05) is 26.4 Å². The predicted octanol–water partition coefficient (Wildman–Crippen LogP) is 10.6. The number of hydrogen-bond acceptors (Lipinski definition) is 10. The number of rotatable bonds is 41. The summed E-state index contributed by atoms with van der Waals surface area (Å²) in [7, 11) is -9.66. The maximum Gasteiger partial charge on any atom is 0.472 e. The molecule has 326 valence electrons. The number of hydrogen-bond donors (Lipinski definition) is 4. The van der Waals surface area contributed by atoms with Crippen molar-refractivity contribution in [3.63, 3.8) is 0 Å². The van der Waals surface area contributed by atoms with E-state index >= 15 is 0 Å². The molecule has 0 aliphatic heterocycles. The second-order valence-corrected chi connectivity index (χ2v) is 17.3. The van der Waals surface area contributed by atoms with Gasteiger partial charge in [-0.1, -0.05) is 154 Å². The molecule has 0 saturated heterocycles. The molecule has 0 fully saturated rings. The summed E-state index contributed by atoms with van der Waals surface area (Å²) < 4.78 is 47.7. The highest BCUT2D eigenvalue weighted by molar-refractivity contribution is 7.47. The van der Waals surface area contributed by atoms with Crippen LogP contribution in [0.4, 0.5) is 0 Å². The zero-order valence-corrected chi connectivity index (χ0v) is 36.1. The quantitative estimate of drug-likeness (QED) is 0.0197. The fourth-order valence-corrected chi connectivity index (χ4v) is 7.03. The molecule has 0 saturated carbocycles. The van der Waals surface area contributed by atoms with Crippen molar-refractivity contribution in [2.45, 2.75) is 206 Å². The largest absolute Gasteiger partial charge is 0.472 e. The number of unbranched alkanes of at least 4 members (excludes halogenated alkanes) is 23. The Hall–Kier alpha value is -1.14. The van der Waals surface area contributed by atoms with Crippen LogP contribution in [0.5, 0.6) is 0 Å². The van der Waals surface area contributed by atoms with Gasteiger partial charge in [-0.25, -0.2) is 9.13 Å². The van der Waals surface area contributed by atoms with Gasteiger partial charge < -0.3 is 29.3 Å². The molecule has 3 atom stereocenters. The monoisotopic (exact) mass is 828 g/mol. The molecule has 13 nitrogen and oxygen atoms in total. The van der Waals surface area contributed by atoms with Gasteiger partial charge in [0.2, 0.25) is 0 Å². The number of aliphatic hydroxyl groups excluding tert-OH is 1. The number of carbonyl (C=O) groups is 2. The smallest absolute Gasteiger partial charge is 0.462 e. The van der Waals surface area contributed by atoms with Gasteiger partial charge in [0.05, 0.1) is 19.8 Å². The molecule has 0 aromatic heterocycles. The Morgan fingerprint density at radius 3 is 1.35 bits per heavy atom. The average molecular weight is 829 g/mol. The highest BCUT2D eigenvalue weighted by Crippen LogP contribution is 2.43. The standard InChI is InChI=1S/C40H78O13P2/c1-3-5-7-9-11-13-15-17-18-20-21-23-25-27-29-31-39(42)49-35-38(36-52-55(47,48)51-34-37(41)33-50-54(44,45)46)53-40(43)32-30-28-26-24-22-19-16-14-12-10-8-6-4-2/h17-18,37-38,41H,3-16,19-36H2,1-2H3,(H,47,48)(H2,44,45,46). The Labute approximate surface area is 332 Å². The van der Waals surface area contributed by atoms with Crippen LogP contribution in [-0.2, 0) is 41.8 Å². The first-order valence-electron chi connectivity index (χ1n) is 21.4. The number of phosphoric acid groups is 2. The molecule has 0 aromatic carbocycles. The molecule has 0 bridgehead atoms. The summed E-state index contributed by atoms with van der Waals surface area (Å²) in [5.74, 6) is -1.03. The zero-order chi connectivity index (χ0) is 40.9. The average Bonchev–Trinajstić information content (AvgIpc) is 3.14. The van der Waals surface area contributed by atoms with E-state index in [4.69, 9.17) is 23.8 Å². The Bertz CT molecular complexity index is 1040. The molecule has 0 rings (SSSR count). The molecule has 4 N–H and O–H groups in total. The summed E-state index contributed by atoms with van der Waals surface area (Å²) in [6.45, 7) is 1.76. The lowest BCUT2D eigenvalue weighted by Crippen LogP contribution is -2.30. The molecule has 0 aliphatic carbocycles. The number of carbonyl (C=O) groups excluding carboxylic acids is 2. The van der Waals surface area contributed by atoms with Crippen LogP contribution in [0.15, 0.2) is 12.2 Å². The minimum atomic E-state index is -4.86. The molecular formula is C40H78O13P2. The molecule has 0 heterocycles. The first kappa shape index (κ1) is 53.9. The van der Waals surface area contributed by atoms with Crippen LogP contribution < -0.4 is 0 Å². The van der Waals surface area contributed by atoms with Crippen molar-refractivity contribution < 1.29 is 61.6 Å². The van der Waals surface area contributed by atoms with E-state index in [9.17, 15) is 28.7 Å². The van der Waals surface area contributed by atoms with Crippen molar-refractivity contribution in [1.29, 1.82) is 0 Å². The molecule has 0 radical (unpaired) electrons. The molecule has 15 heteroatoms. The Kier molecular flexibility index (Phi) is 36.4. The summed E-state index contributed by atoms with van der Waals surface area (Å²) in [6.07, 6.45) is 32.0. The third-order valence-electron chi connectivity index (χ3n) is 9.14. The fourth-order valence-electron chi connectivity index (χ4n) is 5.87. The Balaban J connectivity index is 4.51. The lowest BCUT2D eigenvalue weighted by atomic mass is 10.0. The molecule has 0 aromatic rings. The minimum absolute atomic E-state index is 0.135. The SMILES string of the molecule is CCCCCCCCC=CCCCCCCCC(=O)OCC(COP(=O)(O)OCC(O)COP(=O)(O)O)OC(=O)CCCCCCCCCCCCCCC. The number of allylic oxidation sites excluding steroid dienone is 2. The van der Waals surface area contributed by atoms with Gasteiger partial charge >= 0.3 is 27.6 Å². The second-order valence-electron chi connectivity index (χ2n) is 14.6. The van der Waals surface area contributed by atoms with Gasteiger partial charge in [-0.15, -0.1) is 0 Å². The highest BCUT2D eigenvalue weighted by Gasteiger charge is 2.28. The van der Waals surface area contributed by atoms with E-state index in [0.29, 0.717) is 12.8 Å². The van der Waals surface area contributed by atoms with Crippen LogP contribution >= 0.6 is 15.6 Å². The summed E-state index contributed by atoms with van der Waals surface area (Å²) in [5, 5.41) is 9.73. The van der Waals surface area contributed by atoms with E-state index in [2.05, 4.69) is 35.0 Å². The highest BCUT2D eigenvalue weighted by atomic mass is 31.2. The van der Waals surface area contributed by atoms with Gasteiger partial charge in [-0.05, 0) is 38.5 Å². The lowest BCUT2D eigenvalue weighted by Gasteiger charge is -2.20. The van der Waals surface area contributed by atoms with Crippen molar-refractivity contribution in [3.05, 3.63) is 12.2 Å². The molecule has 0 aliphatic rings. The minimum Gasteiger partial charge on any atom is -0.462 e. The van der Waals surface area contributed by atoms with E-state index in [0.717, 1.165) is 57.8 Å². The molecule has 55 heavy (non-hydrogen) atoms. The van der Waals surface area contributed by atoms with Crippen LogP contribution in [0.25, 0.3) is 0 Å². The third-order valence-corrected chi connectivity index (χ3v) is 10.6. The number of ether oxygens (including phenoxy) is 2. The van der Waals surface area contributed by atoms with Crippen LogP contribution in [-0.4, -0.2) is 70.4 Å². The maximum atomic E-state index is 12.6. The van der Waals surface area contributed by atoms with Crippen LogP contribution in [0, 0.1) is 0 Å². The fraction of sp³-hybridized carbons (Fsp3) is 0.900.